The molecular formula is C42H37N5O3. The van der Waals surface area contributed by atoms with Crippen LogP contribution in [0.3, 0.4) is 0 Å². The fourth-order valence-corrected chi connectivity index (χ4v) is 5.98. The highest BCUT2D eigenvalue weighted by Crippen LogP contribution is 2.33. The van der Waals surface area contributed by atoms with Gasteiger partial charge in [-0.25, -0.2) is 4.79 Å². The molecule has 50 heavy (non-hydrogen) atoms. The minimum atomic E-state index is -0.385. The lowest BCUT2D eigenvalue weighted by Gasteiger charge is -2.15. The molecule has 2 heterocycles. The monoisotopic (exact) mass is 659 g/mol. The molecule has 0 saturated carbocycles. The number of aromatic nitrogens is 2. The number of carbonyl (C=O) groups excluding carboxylic acids is 3. The van der Waals surface area contributed by atoms with Crippen LogP contribution in [-0.2, 0) is 22.4 Å². The summed E-state index contributed by atoms with van der Waals surface area (Å²) in [6, 6.07) is 35.0. The van der Waals surface area contributed by atoms with E-state index in [1.807, 2.05) is 91.1 Å². The Balaban J connectivity index is 1.21. The van der Waals surface area contributed by atoms with Gasteiger partial charge in [-0.1, -0.05) is 72.8 Å². The molecule has 0 aliphatic rings. The lowest BCUT2D eigenvalue weighted by molar-refractivity contribution is -0.118. The van der Waals surface area contributed by atoms with E-state index < -0.39 is 0 Å². The maximum atomic E-state index is 13.2. The van der Waals surface area contributed by atoms with Gasteiger partial charge in [0.2, 0.25) is 5.91 Å². The molecule has 4 N–H and O–H groups in total. The number of ketones is 1. The molecule has 0 saturated heterocycles. The van der Waals surface area contributed by atoms with Crippen molar-refractivity contribution >= 4 is 29.1 Å². The molecule has 0 aliphatic heterocycles. The summed E-state index contributed by atoms with van der Waals surface area (Å²) < 4.78 is 0. The number of pyridine rings is 2. The van der Waals surface area contributed by atoms with Crippen LogP contribution in [0.25, 0.3) is 44.5 Å². The summed E-state index contributed by atoms with van der Waals surface area (Å²) >= 11 is 0. The average molecular weight is 660 g/mol. The molecule has 0 aliphatic carbocycles. The molecule has 2 aromatic heterocycles. The van der Waals surface area contributed by atoms with E-state index in [-0.39, 0.29) is 24.1 Å². The van der Waals surface area contributed by atoms with Crippen LogP contribution < -0.4 is 16.4 Å². The minimum Gasteiger partial charge on any atom is -0.370 e. The number of nitrogens with zero attached hydrogens (tertiary/aromatic N) is 2. The summed E-state index contributed by atoms with van der Waals surface area (Å²) in [7, 11) is 0. The smallest absolute Gasteiger partial charge is 0.323 e. The van der Waals surface area contributed by atoms with Crippen molar-refractivity contribution in [2.75, 3.05) is 10.6 Å². The first kappa shape index (κ1) is 33.5. The number of carbonyl (C=O) groups is 3. The van der Waals surface area contributed by atoms with Crippen molar-refractivity contribution in [2.45, 2.75) is 32.6 Å². The van der Waals surface area contributed by atoms with E-state index in [1.54, 1.807) is 25.5 Å². The molecule has 6 aromatic rings. The Labute approximate surface area is 291 Å². The first-order valence-electron chi connectivity index (χ1n) is 16.5. The zero-order chi connectivity index (χ0) is 34.9. The van der Waals surface area contributed by atoms with Crippen LogP contribution in [0.15, 0.2) is 134 Å². The molecule has 3 amide bonds. The number of Topliss-reactive ketones (excluding diaryl/α,β-unsaturated/α-hetero) is 1. The lowest BCUT2D eigenvalue weighted by Crippen LogP contribution is -2.19. The number of urea groups is 1. The van der Waals surface area contributed by atoms with E-state index in [2.05, 4.69) is 44.9 Å². The summed E-state index contributed by atoms with van der Waals surface area (Å²) in [5, 5.41) is 5.93. The van der Waals surface area contributed by atoms with E-state index in [4.69, 9.17) is 5.73 Å². The van der Waals surface area contributed by atoms with Crippen molar-refractivity contribution in [2.24, 2.45) is 5.73 Å². The van der Waals surface area contributed by atoms with Gasteiger partial charge >= 0.3 is 6.03 Å². The molecule has 8 nitrogen and oxygen atoms in total. The molecule has 6 rings (SSSR count). The number of benzene rings is 4. The van der Waals surface area contributed by atoms with Gasteiger partial charge in [-0.2, -0.15) is 0 Å². The maximum absolute atomic E-state index is 13.2. The third-order valence-electron chi connectivity index (χ3n) is 8.45. The number of primary amides is 1. The van der Waals surface area contributed by atoms with Crippen LogP contribution in [0.2, 0.25) is 0 Å². The predicted molar refractivity (Wildman–Crippen MR) is 199 cm³/mol. The topological polar surface area (TPSA) is 127 Å². The summed E-state index contributed by atoms with van der Waals surface area (Å²) in [6.07, 6.45) is 8.84. The number of rotatable bonds is 12. The molecule has 4 aromatic carbocycles. The Morgan fingerprint density at radius 1 is 0.560 bits per heavy atom. The second-order valence-corrected chi connectivity index (χ2v) is 12.1. The van der Waals surface area contributed by atoms with Crippen molar-refractivity contribution in [3.63, 3.8) is 0 Å². The molecular weight excluding hydrogens is 622 g/mol. The van der Waals surface area contributed by atoms with Crippen molar-refractivity contribution in [1.82, 2.24) is 9.97 Å². The van der Waals surface area contributed by atoms with Crippen molar-refractivity contribution in [3.8, 4) is 44.5 Å². The third-order valence-corrected chi connectivity index (χ3v) is 8.45. The van der Waals surface area contributed by atoms with Gasteiger partial charge in [0.15, 0.2) is 0 Å². The van der Waals surface area contributed by atoms with Crippen molar-refractivity contribution in [1.29, 1.82) is 0 Å². The molecule has 0 fully saturated rings. The van der Waals surface area contributed by atoms with Gasteiger partial charge in [0.05, 0.1) is 0 Å². The van der Waals surface area contributed by atoms with Crippen LogP contribution >= 0.6 is 0 Å². The quantitative estimate of drug-likeness (QED) is 0.121. The Morgan fingerprint density at radius 3 is 1.48 bits per heavy atom. The highest BCUT2D eigenvalue weighted by Gasteiger charge is 2.13. The largest absolute Gasteiger partial charge is 0.370 e. The Hall–Kier alpha value is -6.41. The molecule has 0 radical (unpaired) electrons. The van der Waals surface area contributed by atoms with Gasteiger partial charge in [0.1, 0.15) is 5.78 Å². The normalized spacial score (nSPS) is 10.7. The standard InChI is InChI=1S/C42H37N5O3/c1-28(48)12-13-33-22-29(35-8-4-20-44-26-35)14-17-39(33)31-6-2-10-37(24-31)46-42(50)47-38-11-3-7-32(25-38)40-18-15-30(36-9-5-21-45-27-36)23-34(40)16-19-41(43)49/h2-11,14-15,17-18,20-27H,12-13,16,19H2,1H3,(H2,43,49)(H2,46,47,50). The molecule has 0 atom stereocenters. The molecule has 0 unspecified atom stereocenters. The number of hydrogen-bond donors (Lipinski definition) is 3. The first-order chi connectivity index (χ1) is 24.3. The molecule has 248 valence electrons. The van der Waals surface area contributed by atoms with Gasteiger partial charge in [-0.05, 0) is 112 Å². The SMILES string of the molecule is CC(=O)CCc1cc(-c2cccnc2)ccc1-c1cccc(NC(=O)Nc2cccc(-c3ccc(-c4cccnc4)cc3CCC(N)=O)c2)c1. The van der Waals surface area contributed by atoms with Crippen LogP contribution in [0.4, 0.5) is 16.2 Å². The number of amides is 3. The summed E-state index contributed by atoms with van der Waals surface area (Å²) in [6.45, 7) is 1.60. The number of aryl methyl sites for hydroxylation is 2. The van der Waals surface area contributed by atoms with Crippen molar-refractivity contribution in [3.05, 3.63) is 145 Å². The average Bonchev–Trinajstić information content (AvgIpc) is 3.13. The van der Waals surface area contributed by atoms with E-state index >= 15 is 0 Å². The van der Waals surface area contributed by atoms with Gasteiger partial charge < -0.3 is 21.2 Å². The Bertz CT molecular complexity index is 2000. The summed E-state index contributed by atoms with van der Waals surface area (Å²) in [4.78, 5) is 45.3. The Morgan fingerprint density at radius 2 is 1.04 bits per heavy atom. The fraction of sp³-hybridized carbons (Fsp3) is 0.119. The lowest BCUT2D eigenvalue weighted by atomic mass is 9.92. The Kier molecular flexibility index (Phi) is 10.5. The number of hydrogen-bond acceptors (Lipinski definition) is 5. The molecule has 0 bridgehead atoms. The van der Waals surface area contributed by atoms with Crippen molar-refractivity contribution < 1.29 is 14.4 Å². The highest BCUT2D eigenvalue weighted by molar-refractivity contribution is 6.00. The fourth-order valence-electron chi connectivity index (χ4n) is 5.98. The van der Waals surface area contributed by atoms with E-state index in [0.29, 0.717) is 30.6 Å². The maximum Gasteiger partial charge on any atom is 0.323 e. The third kappa shape index (κ3) is 8.54. The van der Waals surface area contributed by atoms with Crippen LogP contribution in [0.1, 0.15) is 30.9 Å². The highest BCUT2D eigenvalue weighted by atomic mass is 16.2. The molecule has 0 spiro atoms. The van der Waals surface area contributed by atoms with Gasteiger partial charge in [0, 0.05) is 49.0 Å². The number of nitrogens with one attached hydrogen (secondary N) is 2. The molecule has 8 heteroatoms. The number of anilines is 2. The van der Waals surface area contributed by atoms with Crippen LogP contribution in [-0.4, -0.2) is 27.7 Å². The minimum absolute atomic E-state index is 0.127. The van der Waals surface area contributed by atoms with E-state index in [0.717, 1.165) is 55.6 Å². The summed E-state index contributed by atoms with van der Waals surface area (Å²) in [5.74, 6) is -0.240. The first-order valence-corrected chi connectivity index (χ1v) is 16.5. The van der Waals surface area contributed by atoms with Crippen LogP contribution in [0.5, 0.6) is 0 Å². The van der Waals surface area contributed by atoms with Gasteiger partial charge in [-0.15, -0.1) is 0 Å². The zero-order valence-electron chi connectivity index (χ0n) is 27.7. The predicted octanol–water partition coefficient (Wildman–Crippen LogP) is 8.73. The number of nitrogens with two attached hydrogens (primary N) is 1. The van der Waals surface area contributed by atoms with Gasteiger partial charge in [0.25, 0.3) is 0 Å². The second-order valence-electron chi connectivity index (χ2n) is 12.1. The second kappa shape index (κ2) is 15.7. The van der Waals surface area contributed by atoms with E-state index in [1.165, 1.54) is 0 Å². The van der Waals surface area contributed by atoms with E-state index in [9.17, 15) is 14.4 Å². The summed E-state index contributed by atoms with van der Waals surface area (Å²) in [5.41, 5.74) is 16.5. The van der Waals surface area contributed by atoms with Crippen LogP contribution in [0, 0.1) is 0 Å². The zero-order valence-corrected chi connectivity index (χ0v) is 27.7. The van der Waals surface area contributed by atoms with Gasteiger partial charge in [-0.3, -0.25) is 14.8 Å².